The molecule has 1 aromatic heterocycles. The number of halogens is 1. The van der Waals surface area contributed by atoms with Crippen LogP contribution in [0.15, 0.2) is 45.4 Å². The molecule has 7 nitrogen and oxygen atoms in total. The molecule has 0 bridgehead atoms. The van der Waals surface area contributed by atoms with Gasteiger partial charge in [0, 0.05) is 17.0 Å². The van der Waals surface area contributed by atoms with E-state index in [2.05, 4.69) is 28.9 Å². The van der Waals surface area contributed by atoms with E-state index < -0.39 is 0 Å². The zero-order valence-corrected chi connectivity index (χ0v) is 17.6. The fourth-order valence-electron chi connectivity index (χ4n) is 2.32. The molecule has 0 radical (unpaired) electrons. The van der Waals surface area contributed by atoms with Crippen molar-refractivity contribution >= 4 is 29.8 Å². The largest absolute Gasteiger partial charge is 0.397 e. The lowest BCUT2D eigenvalue weighted by molar-refractivity contribution is 0.130. The van der Waals surface area contributed by atoms with Crippen LogP contribution in [-0.2, 0) is 11.4 Å². The van der Waals surface area contributed by atoms with Gasteiger partial charge in [-0.1, -0.05) is 49.7 Å². The maximum Gasteiger partial charge on any atom is 0.271 e. The number of nitrogen functional groups attached to an aromatic ring is 1. The van der Waals surface area contributed by atoms with Gasteiger partial charge in [-0.05, 0) is 37.3 Å². The van der Waals surface area contributed by atoms with Crippen LogP contribution in [0.3, 0.4) is 0 Å². The fourth-order valence-corrected chi connectivity index (χ4v) is 2.44. The van der Waals surface area contributed by atoms with E-state index in [9.17, 15) is 4.79 Å². The Labute approximate surface area is 170 Å². The number of amidine groups is 1. The van der Waals surface area contributed by atoms with Crippen molar-refractivity contribution in [2.45, 2.75) is 46.6 Å². The third-order valence-electron chi connectivity index (χ3n) is 4.00. The van der Waals surface area contributed by atoms with Crippen molar-refractivity contribution in [3.63, 3.8) is 0 Å². The van der Waals surface area contributed by atoms with E-state index in [1.165, 1.54) is 10.9 Å². The normalized spacial score (nSPS) is 12.0. The predicted octanol–water partition coefficient (Wildman–Crippen LogP) is 4.04. The van der Waals surface area contributed by atoms with Crippen LogP contribution in [0.2, 0.25) is 5.02 Å². The standard InChI is InChI=1S/C18H22ClN5O2.C2H6/c1-12(14-4-6-15(19)7-5-14)10-17(21-3)23-26-9-8-24-18(25)13(2)16(20)11-22-24;1-2/h4-7,11-12H,3,8-10,20H2,1-2H3;1-2H3/b23-17-;. The summed E-state index contributed by atoms with van der Waals surface area (Å²) in [5.41, 5.74) is 7.37. The van der Waals surface area contributed by atoms with Crippen molar-refractivity contribution in [2.24, 2.45) is 10.1 Å². The van der Waals surface area contributed by atoms with Gasteiger partial charge in [-0.25, -0.2) is 9.67 Å². The highest BCUT2D eigenvalue weighted by Gasteiger charge is 2.10. The van der Waals surface area contributed by atoms with Gasteiger partial charge in [0.1, 0.15) is 6.61 Å². The van der Waals surface area contributed by atoms with Crippen LogP contribution in [0.1, 0.15) is 44.2 Å². The number of nitrogens with two attached hydrogens (primary N) is 1. The molecule has 1 atom stereocenters. The van der Waals surface area contributed by atoms with Gasteiger partial charge in [0.15, 0.2) is 5.84 Å². The SMILES string of the molecule is C=N/C(CC(C)c1ccc(Cl)cc1)=N\OCCn1ncc(N)c(C)c1=O.CC. The first-order chi connectivity index (χ1) is 13.4. The summed E-state index contributed by atoms with van der Waals surface area (Å²) in [5, 5.41) is 8.67. The second-order valence-corrected chi connectivity index (χ2v) is 6.35. The zero-order valence-electron chi connectivity index (χ0n) is 16.9. The van der Waals surface area contributed by atoms with E-state index in [1.54, 1.807) is 6.92 Å². The topological polar surface area (TPSA) is 94.9 Å². The van der Waals surface area contributed by atoms with Gasteiger partial charge >= 0.3 is 0 Å². The number of aliphatic imine (C=N–C) groups is 1. The molecule has 2 N–H and O–H groups in total. The smallest absolute Gasteiger partial charge is 0.271 e. The summed E-state index contributed by atoms with van der Waals surface area (Å²) in [6, 6.07) is 7.63. The Morgan fingerprint density at radius 1 is 1.36 bits per heavy atom. The summed E-state index contributed by atoms with van der Waals surface area (Å²) in [5.74, 6) is 0.672. The molecule has 0 aliphatic carbocycles. The van der Waals surface area contributed by atoms with Gasteiger partial charge in [-0.2, -0.15) is 5.10 Å². The van der Waals surface area contributed by atoms with Gasteiger partial charge in [0.2, 0.25) is 0 Å². The van der Waals surface area contributed by atoms with Gasteiger partial charge in [0.25, 0.3) is 5.56 Å². The Hall–Kier alpha value is -2.67. The molecule has 28 heavy (non-hydrogen) atoms. The lowest BCUT2D eigenvalue weighted by Gasteiger charge is -2.11. The molecule has 8 heteroatoms. The quantitative estimate of drug-likeness (QED) is 0.325. The van der Waals surface area contributed by atoms with E-state index in [-0.39, 0.29) is 24.6 Å². The highest BCUT2D eigenvalue weighted by molar-refractivity contribution is 6.30. The highest BCUT2D eigenvalue weighted by atomic mass is 35.5. The van der Waals surface area contributed by atoms with E-state index in [0.29, 0.717) is 28.5 Å². The Morgan fingerprint density at radius 2 is 2.00 bits per heavy atom. The molecule has 152 valence electrons. The fraction of sp³-hybridized carbons (Fsp3) is 0.400. The molecule has 0 fully saturated rings. The second kappa shape index (κ2) is 11.9. The molecular formula is C20H28ClN5O2. The predicted molar refractivity (Wildman–Crippen MR) is 116 cm³/mol. The number of nitrogens with zero attached hydrogens (tertiary/aromatic N) is 4. The minimum absolute atomic E-state index is 0.184. The van der Waals surface area contributed by atoms with Crippen LogP contribution in [0, 0.1) is 6.92 Å². The first-order valence-corrected chi connectivity index (χ1v) is 9.53. The molecule has 0 aliphatic heterocycles. The zero-order chi connectivity index (χ0) is 21.1. The van der Waals surface area contributed by atoms with Crippen molar-refractivity contribution in [3.8, 4) is 0 Å². The summed E-state index contributed by atoms with van der Waals surface area (Å²) in [6.07, 6.45) is 2.02. The second-order valence-electron chi connectivity index (χ2n) is 5.91. The van der Waals surface area contributed by atoms with Crippen molar-refractivity contribution in [1.82, 2.24) is 9.78 Å². The molecule has 0 aliphatic rings. The summed E-state index contributed by atoms with van der Waals surface area (Å²) in [4.78, 5) is 21.2. The van der Waals surface area contributed by atoms with Gasteiger partial charge in [-0.3, -0.25) is 4.79 Å². The van der Waals surface area contributed by atoms with Gasteiger partial charge in [-0.15, -0.1) is 0 Å². The third-order valence-corrected chi connectivity index (χ3v) is 4.25. The average molecular weight is 406 g/mol. The minimum atomic E-state index is -0.240. The van der Waals surface area contributed by atoms with Crippen molar-refractivity contribution < 1.29 is 4.84 Å². The first kappa shape index (κ1) is 23.4. The van der Waals surface area contributed by atoms with E-state index in [4.69, 9.17) is 22.2 Å². The maximum absolute atomic E-state index is 12.0. The molecule has 1 heterocycles. The van der Waals surface area contributed by atoms with Crippen LogP contribution < -0.4 is 11.3 Å². The van der Waals surface area contributed by atoms with Crippen LogP contribution in [0.4, 0.5) is 5.69 Å². The summed E-state index contributed by atoms with van der Waals surface area (Å²) in [7, 11) is 0. The van der Waals surface area contributed by atoms with Crippen molar-refractivity contribution in [1.29, 1.82) is 0 Å². The number of benzene rings is 1. The monoisotopic (exact) mass is 405 g/mol. The molecule has 2 aromatic rings. The van der Waals surface area contributed by atoms with Crippen LogP contribution in [0.5, 0.6) is 0 Å². The molecule has 0 saturated heterocycles. The Bertz CT molecular complexity index is 847. The molecule has 0 saturated carbocycles. The number of hydrogen-bond donors (Lipinski definition) is 1. The minimum Gasteiger partial charge on any atom is -0.397 e. The molecule has 1 aromatic carbocycles. The molecule has 2 rings (SSSR count). The van der Waals surface area contributed by atoms with E-state index >= 15 is 0 Å². The highest BCUT2D eigenvalue weighted by Crippen LogP contribution is 2.21. The summed E-state index contributed by atoms with van der Waals surface area (Å²) < 4.78 is 1.29. The Morgan fingerprint density at radius 3 is 2.61 bits per heavy atom. The van der Waals surface area contributed by atoms with E-state index in [0.717, 1.165) is 5.56 Å². The Kier molecular flexibility index (Phi) is 9.95. The van der Waals surface area contributed by atoms with Crippen LogP contribution in [0.25, 0.3) is 0 Å². The summed E-state index contributed by atoms with van der Waals surface area (Å²) >= 11 is 5.91. The number of anilines is 1. The van der Waals surface area contributed by atoms with Gasteiger partial charge in [0.05, 0.1) is 18.4 Å². The average Bonchev–Trinajstić information content (AvgIpc) is 2.71. The lowest BCUT2D eigenvalue weighted by Crippen LogP contribution is -2.27. The number of hydrogen-bond acceptors (Lipinski definition) is 5. The number of rotatable bonds is 7. The molecule has 0 spiro atoms. The molecule has 1 unspecified atom stereocenters. The van der Waals surface area contributed by atoms with Crippen molar-refractivity contribution in [3.05, 3.63) is 57.0 Å². The maximum atomic E-state index is 12.0. The lowest BCUT2D eigenvalue weighted by atomic mass is 9.97. The first-order valence-electron chi connectivity index (χ1n) is 9.15. The van der Waals surface area contributed by atoms with E-state index in [1.807, 2.05) is 38.1 Å². The Balaban J connectivity index is 0.00000190. The van der Waals surface area contributed by atoms with Gasteiger partial charge < -0.3 is 10.6 Å². The van der Waals surface area contributed by atoms with Crippen molar-refractivity contribution in [2.75, 3.05) is 12.3 Å². The van der Waals surface area contributed by atoms with Crippen LogP contribution >= 0.6 is 11.6 Å². The van der Waals surface area contributed by atoms with Crippen LogP contribution in [-0.4, -0.2) is 28.9 Å². The number of oxime groups is 1. The molecule has 0 amide bonds. The molecular weight excluding hydrogens is 378 g/mol. The third kappa shape index (κ3) is 6.81. The summed E-state index contributed by atoms with van der Waals surface area (Å²) in [6.45, 7) is 11.7. The number of aromatic nitrogens is 2.